The van der Waals surface area contributed by atoms with Gasteiger partial charge in [-0.25, -0.2) is 4.79 Å². The number of hydrogen-bond acceptors (Lipinski definition) is 4. The van der Waals surface area contributed by atoms with E-state index in [1.165, 1.54) is 11.6 Å². The van der Waals surface area contributed by atoms with Crippen molar-refractivity contribution in [2.45, 2.75) is 34.6 Å². The van der Waals surface area contributed by atoms with Crippen LogP contribution in [-0.2, 0) is 0 Å². The smallest absolute Gasteiger partial charge is 0.348 e. The van der Waals surface area contributed by atoms with Crippen molar-refractivity contribution in [1.82, 2.24) is 0 Å². The van der Waals surface area contributed by atoms with Crippen LogP contribution in [0.5, 0.6) is 5.75 Å². The van der Waals surface area contributed by atoms with Crippen LogP contribution in [-0.4, -0.2) is 10.8 Å². The molecular formula is C17H19NO3. The molecule has 1 aromatic carbocycles. The topological polar surface area (TPSA) is 62.8 Å². The van der Waals surface area contributed by atoms with E-state index in [0.717, 1.165) is 16.8 Å². The SMILES string of the molecule is CC(=Nc1cc(C)c(C)cc1C)c1c(O)cc(C)oc1=O. The number of rotatable bonds is 2. The number of nitrogens with zero attached hydrogens (tertiary/aromatic N) is 1. The molecule has 0 saturated heterocycles. The molecule has 110 valence electrons. The Labute approximate surface area is 123 Å². The zero-order valence-corrected chi connectivity index (χ0v) is 12.9. The van der Waals surface area contributed by atoms with Crippen LogP contribution in [0.15, 0.2) is 32.4 Å². The number of aromatic hydroxyl groups is 1. The summed E-state index contributed by atoms with van der Waals surface area (Å²) in [6.45, 7) is 9.33. The molecule has 1 N–H and O–H groups in total. The Kier molecular flexibility index (Phi) is 3.98. The second kappa shape index (κ2) is 5.56. The minimum Gasteiger partial charge on any atom is -0.507 e. The fourth-order valence-corrected chi connectivity index (χ4v) is 2.23. The van der Waals surface area contributed by atoms with Gasteiger partial charge in [-0.15, -0.1) is 0 Å². The highest BCUT2D eigenvalue weighted by molar-refractivity contribution is 6.02. The molecule has 4 nitrogen and oxygen atoms in total. The van der Waals surface area contributed by atoms with E-state index in [2.05, 4.69) is 11.1 Å². The lowest BCUT2D eigenvalue weighted by Gasteiger charge is -2.08. The number of hydrogen-bond donors (Lipinski definition) is 1. The minimum atomic E-state index is -0.574. The van der Waals surface area contributed by atoms with Crippen molar-refractivity contribution in [2.24, 2.45) is 4.99 Å². The number of aryl methyl sites for hydroxylation is 4. The lowest BCUT2D eigenvalue weighted by Crippen LogP contribution is -2.13. The van der Waals surface area contributed by atoms with E-state index in [1.54, 1.807) is 13.8 Å². The molecule has 0 bridgehead atoms. The summed E-state index contributed by atoms with van der Waals surface area (Å²) in [5, 5.41) is 9.95. The van der Waals surface area contributed by atoms with Gasteiger partial charge < -0.3 is 9.52 Å². The Morgan fingerprint density at radius 3 is 2.29 bits per heavy atom. The second-order valence-corrected chi connectivity index (χ2v) is 5.32. The first kappa shape index (κ1) is 15.0. The van der Waals surface area contributed by atoms with Gasteiger partial charge in [0.25, 0.3) is 0 Å². The van der Waals surface area contributed by atoms with Gasteiger partial charge in [-0.2, -0.15) is 0 Å². The molecule has 0 spiro atoms. The largest absolute Gasteiger partial charge is 0.507 e. The van der Waals surface area contributed by atoms with Crippen LogP contribution in [0.2, 0.25) is 0 Å². The number of aliphatic imine (C=N–C) groups is 1. The third-order valence-electron chi connectivity index (χ3n) is 3.52. The maximum Gasteiger partial charge on any atom is 0.348 e. The highest BCUT2D eigenvalue weighted by Crippen LogP contribution is 2.25. The van der Waals surface area contributed by atoms with Crippen molar-refractivity contribution in [3.63, 3.8) is 0 Å². The molecule has 0 atom stereocenters. The molecule has 0 unspecified atom stereocenters. The van der Waals surface area contributed by atoms with Gasteiger partial charge in [0.2, 0.25) is 0 Å². The van der Waals surface area contributed by atoms with Gasteiger partial charge in [0.05, 0.1) is 11.4 Å². The molecular weight excluding hydrogens is 266 g/mol. The fourth-order valence-electron chi connectivity index (χ4n) is 2.23. The molecule has 0 aliphatic heterocycles. The van der Waals surface area contributed by atoms with Crippen molar-refractivity contribution in [1.29, 1.82) is 0 Å². The van der Waals surface area contributed by atoms with Gasteiger partial charge in [0, 0.05) is 6.07 Å². The van der Waals surface area contributed by atoms with Crippen LogP contribution < -0.4 is 5.63 Å². The Hall–Kier alpha value is -2.36. The molecule has 2 rings (SSSR count). The molecule has 0 aliphatic rings. The van der Waals surface area contributed by atoms with Crippen LogP contribution in [0.4, 0.5) is 5.69 Å². The zero-order valence-electron chi connectivity index (χ0n) is 12.9. The van der Waals surface area contributed by atoms with Gasteiger partial charge >= 0.3 is 5.63 Å². The summed E-state index contributed by atoms with van der Waals surface area (Å²) in [5.74, 6) is 0.267. The highest BCUT2D eigenvalue weighted by atomic mass is 16.4. The molecule has 0 fully saturated rings. The molecule has 2 aromatic rings. The van der Waals surface area contributed by atoms with E-state index < -0.39 is 5.63 Å². The Morgan fingerprint density at radius 2 is 1.67 bits per heavy atom. The lowest BCUT2D eigenvalue weighted by atomic mass is 10.0. The van der Waals surface area contributed by atoms with E-state index in [1.807, 2.05) is 26.8 Å². The van der Waals surface area contributed by atoms with E-state index in [-0.39, 0.29) is 11.3 Å². The summed E-state index contributed by atoms with van der Waals surface area (Å²) in [6, 6.07) is 5.45. The fraction of sp³-hybridized carbons (Fsp3) is 0.294. The standard InChI is InChI=1S/C17H19NO3/c1-9-6-11(3)14(7-10(9)2)18-13(5)16-15(19)8-12(4)21-17(16)20/h6-8,19H,1-5H3. The van der Waals surface area contributed by atoms with E-state index in [0.29, 0.717) is 11.5 Å². The molecule has 21 heavy (non-hydrogen) atoms. The van der Waals surface area contributed by atoms with Crippen LogP contribution in [0.3, 0.4) is 0 Å². The van der Waals surface area contributed by atoms with E-state index >= 15 is 0 Å². The summed E-state index contributed by atoms with van der Waals surface area (Å²) >= 11 is 0. The lowest BCUT2D eigenvalue weighted by molar-refractivity contribution is 0.432. The first-order valence-corrected chi connectivity index (χ1v) is 6.77. The van der Waals surface area contributed by atoms with Gasteiger partial charge in [0.1, 0.15) is 17.1 Å². The summed E-state index contributed by atoms with van der Waals surface area (Å²) in [7, 11) is 0. The summed E-state index contributed by atoms with van der Waals surface area (Å²) < 4.78 is 5.02. The maximum atomic E-state index is 11.9. The van der Waals surface area contributed by atoms with Gasteiger partial charge in [-0.3, -0.25) is 4.99 Å². The molecule has 4 heteroatoms. The average molecular weight is 285 g/mol. The molecule has 0 radical (unpaired) electrons. The summed E-state index contributed by atoms with van der Waals surface area (Å²) in [6.07, 6.45) is 0. The van der Waals surface area contributed by atoms with Gasteiger partial charge in [-0.05, 0) is 57.4 Å². The van der Waals surface area contributed by atoms with Crippen molar-refractivity contribution in [2.75, 3.05) is 0 Å². The molecule has 0 aliphatic carbocycles. The quantitative estimate of drug-likeness (QED) is 0.855. The molecule has 0 saturated carbocycles. The molecule has 0 amide bonds. The monoisotopic (exact) mass is 285 g/mol. The predicted molar refractivity (Wildman–Crippen MR) is 83.9 cm³/mol. The Bertz CT molecular complexity index is 785. The number of benzene rings is 1. The van der Waals surface area contributed by atoms with E-state index in [9.17, 15) is 9.90 Å². The van der Waals surface area contributed by atoms with E-state index in [4.69, 9.17) is 4.42 Å². The molecule has 1 heterocycles. The van der Waals surface area contributed by atoms with Crippen molar-refractivity contribution >= 4 is 11.4 Å². The van der Waals surface area contributed by atoms with Crippen molar-refractivity contribution in [3.05, 3.63) is 56.6 Å². The predicted octanol–water partition coefficient (Wildman–Crippen LogP) is 3.72. The average Bonchev–Trinajstić information content (AvgIpc) is 2.34. The summed E-state index contributed by atoms with van der Waals surface area (Å²) in [5.41, 5.74) is 4.11. The normalized spacial score (nSPS) is 11.8. The maximum absolute atomic E-state index is 11.9. The van der Waals surface area contributed by atoms with Crippen LogP contribution in [0.1, 0.15) is 34.9 Å². The van der Waals surface area contributed by atoms with Crippen LogP contribution in [0.25, 0.3) is 0 Å². The molecule has 1 aromatic heterocycles. The third kappa shape index (κ3) is 3.05. The summed E-state index contributed by atoms with van der Waals surface area (Å²) in [4.78, 5) is 16.4. The Balaban J connectivity index is 2.57. The van der Waals surface area contributed by atoms with Crippen LogP contribution in [0, 0.1) is 27.7 Å². The van der Waals surface area contributed by atoms with Crippen LogP contribution >= 0.6 is 0 Å². The third-order valence-corrected chi connectivity index (χ3v) is 3.52. The van der Waals surface area contributed by atoms with Crippen molar-refractivity contribution < 1.29 is 9.52 Å². The van der Waals surface area contributed by atoms with Gasteiger partial charge in [-0.1, -0.05) is 6.07 Å². The highest BCUT2D eigenvalue weighted by Gasteiger charge is 2.13. The first-order chi connectivity index (χ1) is 9.79. The first-order valence-electron chi connectivity index (χ1n) is 6.77. The van der Waals surface area contributed by atoms with Gasteiger partial charge in [0.15, 0.2) is 0 Å². The zero-order chi connectivity index (χ0) is 15.7. The van der Waals surface area contributed by atoms with Crippen molar-refractivity contribution in [3.8, 4) is 5.75 Å². The Morgan fingerprint density at radius 1 is 1.05 bits per heavy atom. The second-order valence-electron chi connectivity index (χ2n) is 5.32. The minimum absolute atomic E-state index is 0.105.